The van der Waals surface area contributed by atoms with Gasteiger partial charge < -0.3 is 4.90 Å². The fourth-order valence-corrected chi connectivity index (χ4v) is 1.96. The number of amides is 2. The van der Waals surface area contributed by atoms with Crippen molar-refractivity contribution in [3.8, 4) is 0 Å². The van der Waals surface area contributed by atoms with Gasteiger partial charge in [-0.1, -0.05) is 0 Å². The van der Waals surface area contributed by atoms with E-state index in [0.717, 1.165) is 25.1 Å². The third-order valence-electron chi connectivity index (χ3n) is 2.99. The number of rotatable bonds is 3. The normalized spacial score (nSPS) is 15.6. The summed E-state index contributed by atoms with van der Waals surface area (Å²) in [5.74, 6) is 4.83. The maximum Gasteiger partial charge on any atom is 0.266 e. The first-order valence-corrected chi connectivity index (χ1v) is 5.94. The zero-order chi connectivity index (χ0) is 13.0. The molecule has 0 bridgehead atoms. The van der Waals surface area contributed by atoms with Crippen LogP contribution >= 0.6 is 0 Å². The number of hydrazine groups is 1. The van der Waals surface area contributed by atoms with Crippen LogP contribution in [0.1, 0.15) is 35.3 Å². The first-order valence-electron chi connectivity index (χ1n) is 5.94. The monoisotopic (exact) mass is 248 g/mol. The summed E-state index contributed by atoms with van der Waals surface area (Å²) in [7, 11) is 0. The lowest BCUT2D eigenvalue weighted by Gasteiger charge is -2.26. The number of pyridine rings is 1. The fourth-order valence-electron chi connectivity index (χ4n) is 1.96. The van der Waals surface area contributed by atoms with E-state index < -0.39 is 0 Å². The highest BCUT2D eigenvalue weighted by Gasteiger charge is 2.18. The maximum atomic E-state index is 11.6. The van der Waals surface area contributed by atoms with Crippen LogP contribution in [-0.2, 0) is 11.3 Å². The molecule has 0 atom stereocenters. The van der Waals surface area contributed by atoms with E-state index in [1.165, 1.54) is 6.20 Å². The number of likely N-dealkylation sites (tertiary alicyclic amines) is 1. The van der Waals surface area contributed by atoms with E-state index in [0.29, 0.717) is 18.5 Å². The third kappa shape index (κ3) is 2.84. The Morgan fingerprint density at radius 1 is 1.44 bits per heavy atom. The number of carbonyl (C=O) groups is 2. The Labute approximate surface area is 105 Å². The lowest BCUT2D eigenvalue weighted by atomic mass is 10.1. The number of aromatic nitrogens is 1. The van der Waals surface area contributed by atoms with Crippen LogP contribution in [0.3, 0.4) is 0 Å². The van der Waals surface area contributed by atoms with E-state index in [1.54, 1.807) is 17.0 Å². The predicted molar refractivity (Wildman–Crippen MR) is 65.2 cm³/mol. The van der Waals surface area contributed by atoms with Crippen LogP contribution in [0.25, 0.3) is 0 Å². The molecular formula is C12H16N4O2. The summed E-state index contributed by atoms with van der Waals surface area (Å²) in [6.07, 6.45) is 4.09. The van der Waals surface area contributed by atoms with Crippen LogP contribution in [0, 0.1) is 0 Å². The molecule has 0 aliphatic carbocycles. The largest absolute Gasteiger partial charge is 0.337 e. The van der Waals surface area contributed by atoms with E-state index in [9.17, 15) is 9.59 Å². The average Bonchev–Trinajstić information content (AvgIpc) is 2.41. The summed E-state index contributed by atoms with van der Waals surface area (Å²) in [5.41, 5.74) is 3.23. The van der Waals surface area contributed by atoms with Gasteiger partial charge in [0.05, 0.1) is 17.8 Å². The van der Waals surface area contributed by atoms with Crippen LogP contribution in [0.5, 0.6) is 0 Å². The second kappa shape index (κ2) is 5.59. The highest BCUT2D eigenvalue weighted by molar-refractivity contribution is 5.93. The second-order valence-electron chi connectivity index (χ2n) is 4.28. The molecule has 2 rings (SSSR count). The van der Waals surface area contributed by atoms with Crippen molar-refractivity contribution >= 4 is 11.8 Å². The Morgan fingerprint density at radius 2 is 2.28 bits per heavy atom. The summed E-state index contributed by atoms with van der Waals surface area (Å²) >= 11 is 0. The van der Waals surface area contributed by atoms with Crippen molar-refractivity contribution in [2.75, 3.05) is 6.54 Å². The molecule has 3 N–H and O–H groups in total. The zero-order valence-corrected chi connectivity index (χ0v) is 10.1. The Kier molecular flexibility index (Phi) is 3.88. The van der Waals surface area contributed by atoms with Gasteiger partial charge >= 0.3 is 0 Å². The molecule has 18 heavy (non-hydrogen) atoms. The van der Waals surface area contributed by atoms with Crippen LogP contribution < -0.4 is 11.3 Å². The van der Waals surface area contributed by atoms with E-state index >= 15 is 0 Å². The van der Waals surface area contributed by atoms with Gasteiger partial charge in [-0.05, 0) is 25.0 Å². The van der Waals surface area contributed by atoms with Gasteiger partial charge in [0.2, 0.25) is 5.91 Å². The topological polar surface area (TPSA) is 88.3 Å². The van der Waals surface area contributed by atoms with Gasteiger partial charge in [0, 0.05) is 19.2 Å². The molecule has 0 saturated carbocycles. The van der Waals surface area contributed by atoms with Crippen molar-refractivity contribution in [3.63, 3.8) is 0 Å². The molecule has 96 valence electrons. The molecular weight excluding hydrogens is 232 g/mol. The number of nitrogens with zero attached hydrogens (tertiary/aromatic N) is 2. The number of carbonyl (C=O) groups excluding carboxylic acids is 2. The van der Waals surface area contributed by atoms with Crippen LogP contribution in [-0.4, -0.2) is 28.2 Å². The Bertz CT molecular complexity index is 444. The molecule has 2 heterocycles. The number of hydrogen-bond acceptors (Lipinski definition) is 4. The summed E-state index contributed by atoms with van der Waals surface area (Å²) in [5, 5.41) is 0. The van der Waals surface area contributed by atoms with E-state index in [4.69, 9.17) is 5.84 Å². The van der Waals surface area contributed by atoms with Crippen LogP contribution in [0.15, 0.2) is 18.3 Å². The van der Waals surface area contributed by atoms with E-state index in [1.807, 2.05) is 5.43 Å². The highest BCUT2D eigenvalue weighted by Crippen LogP contribution is 2.13. The third-order valence-corrected chi connectivity index (χ3v) is 2.99. The van der Waals surface area contributed by atoms with Crippen molar-refractivity contribution in [2.45, 2.75) is 25.8 Å². The molecule has 1 aliphatic heterocycles. The van der Waals surface area contributed by atoms with E-state index in [-0.39, 0.29) is 11.8 Å². The van der Waals surface area contributed by atoms with Crippen molar-refractivity contribution < 1.29 is 9.59 Å². The molecule has 0 radical (unpaired) electrons. The van der Waals surface area contributed by atoms with Crippen molar-refractivity contribution in [2.24, 2.45) is 5.84 Å². The molecule has 2 amide bonds. The molecule has 6 nitrogen and oxygen atoms in total. The lowest BCUT2D eigenvalue weighted by molar-refractivity contribution is -0.133. The first-order chi connectivity index (χ1) is 8.70. The molecule has 1 aliphatic rings. The summed E-state index contributed by atoms with van der Waals surface area (Å²) in [6.45, 7) is 1.29. The van der Waals surface area contributed by atoms with Gasteiger partial charge in [-0.25, -0.2) is 5.84 Å². The average molecular weight is 248 g/mol. The molecule has 0 spiro atoms. The molecule has 1 saturated heterocycles. The quantitative estimate of drug-likeness (QED) is 0.454. The lowest BCUT2D eigenvalue weighted by Crippen LogP contribution is -2.35. The Balaban J connectivity index is 2.01. The summed E-state index contributed by atoms with van der Waals surface area (Å²) < 4.78 is 0. The number of nitrogens with two attached hydrogens (primary N) is 1. The van der Waals surface area contributed by atoms with E-state index in [2.05, 4.69) is 4.98 Å². The molecule has 0 aromatic carbocycles. The minimum Gasteiger partial charge on any atom is -0.337 e. The van der Waals surface area contributed by atoms with Gasteiger partial charge in [0.15, 0.2) is 0 Å². The van der Waals surface area contributed by atoms with Gasteiger partial charge in [-0.2, -0.15) is 0 Å². The van der Waals surface area contributed by atoms with Gasteiger partial charge in [-0.15, -0.1) is 0 Å². The van der Waals surface area contributed by atoms with Crippen molar-refractivity contribution in [1.29, 1.82) is 0 Å². The minimum atomic E-state index is -0.372. The van der Waals surface area contributed by atoms with Gasteiger partial charge in [-0.3, -0.25) is 20.0 Å². The molecule has 1 aromatic rings. The summed E-state index contributed by atoms with van der Waals surface area (Å²) in [6, 6.07) is 3.39. The van der Waals surface area contributed by atoms with Crippen LogP contribution in [0.2, 0.25) is 0 Å². The number of piperidine rings is 1. The molecule has 1 fully saturated rings. The Morgan fingerprint density at radius 3 is 2.89 bits per heavy atom. The molecule has 0 unspecified atom stereocenters. The SMILES string of the molecule is NNC(=O)c1ccc(CN2CCCCC2=O)nc1. The zero-order valence-electron chi connectivity index (χ0n) is 10.1. The number of nitrogen functional groups attached to an aromatic ring is 1. The van der Waals surface area contributed by atoms with Gasteiger partial charge in [0.25, 0.3) is 5.91 Å². The fraction of sp³-hybridized carbons (Fsp3) is 0.417. The molecule has 6 heteroatoms. The van der Waals surface area contributed by atoms with Crippen LogP contribution in [0.4, 0.5) is 0 Å². The number of hydrogen-bond donors (Lipinski definition) is 2. The smallest absolute Gasteiger partial charge is 0.266 e. The minimum absolute atomic E-state index is 0.173. The molecule has 1 aromatic heterocycles. The predicted octanol–water partition coefficient (Wildman–Crippen LogP) is 0.198. The summed E-state index contributed by atoms with van der Waals surface area (Å²) in [4.78, 5) is 28.8. The standard InChI is InChI=1S/C12H16N4O2/c13-15-12(18)9-4-5-10(14-7-9)8-16-6-2-1-3-11(16)17/h4-5,7H,1-3,6,8,13H2,(H,15,18). The second-order valence-corrected chi connectivity index (χ2v) is 4.28. The van der Waals surface area contributed by atoms with Crippen molar-refractivity contribution in [1.82, 2.24) is 15.3 Å². The Hall–Kier alpha value is -1.95. The maximum absolute atomic E-state index is 11.6. The van der Waals surface area contributed by atoms with Gasteiger partial charge in [0.1, 0.15) is 0 Å². The first kappa shape index (κ1) is 12.5. The van der Waals surface area contributed by atoms with Crippen molar-refractivity contribution in [3.05, 3.63) is 29.6 Å². The number of nitrogens with one attached hydrogen (secondary N) is 1. The highest BCUT2D eigenvalue weighted by atomic mass is 16.2.